The summed E-state index contributed by atoms with van der Waals surface area (Å²) in [7, 11) is 0. The van der Waals surface area contributed by atoms with Crippen LogP contribution in [-0.2, 0) is 6.67 Å². The lowest BCUT2D eigenvalue weighted by molar-refractivity contribution is 0.485. The van der Waals surface area contributed by atoms with Gasteiger partial charge in [0.25, 0.3) is 0 Å². The Hall–Kier alpha value is -0.610. The molecule has 3 N–H and O–H groups in total. The maximum atomic E-state index is 12.2. The quantitative estimate of drug-likeness (QED) is 0.856. The molecular weight excluding hydrogens is 235 g/mol. The number of alkyl halides is 1. The maximum absolute atomic E-state index is 12.2. The Morgan fingerprint density at radius 2 is 2.23 bits per heavy atom. The predicted octanol–water partition coefficient (Wildman–Crippen LogP) is 2.29. The van der Waals surface area contributed by atoms with Gasteiger partial charge in [-0.25, -0.2) is 4.39 Å². The zero-order valence-corrected chi connectivity index (χ0v) is 8.77. The Kier molecular flexibility index (Phi) is 4.18. The summed E-state index contributed by atoms with van der Waals surface area (Å²) in [6.07, 6.45) is 0. The van der Waals surface area contributed by atoms with Crippen molar-refractivity contribution in [2.45, 2.75) is 6.67 Å². The molecule has 0 spiro atoms. The van der Waals surface area contributed by atoms with Crippen LogP contribution in [0.3, 0.4) is 0 Å². The minimum absolute atomic E-state index is 0.435. The molecular formula is C9H12BrFN2. The number of rotatable bonds is 4. The highest BCUT2D eigenvalue weighted by Crippen LogP contribution is 2.23. The van der Waals surface area contributed by atoms with Gasteiger partial charge in [-0.2, -0.15) is 0 Å². The molecule has 4 heteroatoms. The molecule has 0 unspecified atom stereocenters. The van der Waals surface area contributed by atoms with E-state index in [4.69, 9.17) is 5.73 Å². The van der Waals surface area contributed by atoms with E-state index in [0.717, 1.165) is 10.2 Å². The van der Waals surface area contributed by atoms with E-state index >= 15 is 0 Å². The molecule has 0 aliphatic rings. The van der Waals surface area contributed by atoms with Crippen molar-refractivity contribution >= 4 is 21.6 Å². The van der Waals surface area contributed by atoms with Crippen molar-refractivity contribution in [3.05, 3.63) is 28.2 Å². The van der Waals surface area contributed by atoms with Crippen molar-refractivity contribution in [1.29, 1.82) is 0 Å². The number of hydrogen-bond acceptors (Lipinski definition) is 2. The van der Waals surface area contributed by atoms with Gasteiger partial charge >= 0.3 is 0 Å². The second-order valence-corrected chi connectivity index (χ2v) is 3.52. The fraction of sp³-hybridized carbons (Fsp3) is 0.333. The van der Waals surface area contributed by atoms with Gasteiger partial charge in [-0.15, -0.1) is 0 Å². The molecule has 0 heterocycles. The number of halogens is 2. The third-order valence-corrected chi connectivity index (χ3v) is 2.30. The van der Waals surface area contributed by atoms with E-state index in [9.17, 15) is 4.39 Å². The second-order valence-electron chi connectivity index (χ2n) is 2.66. The summed E-state index contributed by atoms with van der Waals surface area (Å²) in [6.45, 7) is 0.862. The first-order valence-corrected chi connectivity index (χ1v) is 4.85. The molecule has 1 rings (SSSR count). The Balaban J connectivity index is 2.73. The lowest BCUT2D eigenvalue weighted by Crippen LogP contribution is -2.13. The summed E-state index contributed by atoms with van der Waals surface area (Å²) in [6, 6.07) is 5.36. The van der Waals surface area contributed by atoms with Crippen molar-refractivity contribution in [2.75, 3.05) is 18.4 Å². The number of anilines is 1. The molecule has 0 amide bonds. The van der Waals surface area contributed by atoms with Crippen LogP contribution in [0.15, 0.2) is 22.7 Å². The fourth-order valence-corrected chi connectivity index (χ4v) is 1.56. The van der Waals surface area contributed by atoms with Gasteiger partial charge in [-0.1, -0.05) is 6.07 Å². The molecule has 1 aromatic carbocycles. The average molecular weight is 247 g/mol. The van der Waals surface area contributed by atoms with Gasteiger partial charge in [-0.05, 0) is 33.6 Å². The molecule has 0 fully saturated rings. The molecule has 1 aromatic rings. The number of nitrogens with one attached hydrogen (secondary N) is 1. The lowest BCUT2D eigenvalue weighted by atomic mass is 10.2. The van der Waals surface area contributed by atoms with Gasteiger partial charge in [0, 0.05) is 23.2 Å². The van der Waals surface area contributed by atoms with E-state index in [1.807, 2.05) is 6.07 Å². The molecule has 0 aliphatic heterocycles. The van der Waals surface area contributed by atoms with Crippen LogP contribution in [0, 0.1) is 0 Å². The van der Waals surface area contributed by atoms with Crippen LogP contribution in [0.1, 0.15) is 5.56 Å². The zero-order valence-electron chi connectivity index (χ0n) is 7.19. The Bertz CT molecular complexity index is 278. The lowest BCUT2D eigenvalue weighted by Gasteiger charge is -2.07. The van der Waals surface area contributed by atoms with Crippen molar-refractivity contribution in [3.63, 3.8) is 0 Å². The minimum atomic E-state index is -0.435. The van der Waals surface area contributed by atoms with Gasteiger partial charge < -0.3 is 11.1 Å². The first-order valence-electron chi connectivity index (χ1n) is 4.06. The summed E-state index contributed by atoms with van der Waals surface area (Å²) in [5.41, 5.74) is 6.96. The van der Waals surface area contributed by atoms with Crippen LogP contribution in [0.4, 0.5) is 10.1 Å². The summed E-state index contributed by atoms with van der Waals surface area (Å²) >= 11 is 3.35. The molecule has 72 valence electrons. The van der Waals surface area contributed by atoms with Gasteiger partial charge in [-0.3, -0.25) is 0 Å². The molecule has 0 saturated heterocycles. The van der Waals surface area contributed by atoms with Crippen LogP contribution in [0.2, 0.25) is 0 Å². The highest BCUT2D eigenvalue weighted by Gasteiger charge is 1.99. The fourth-order valence-electron chi connectivity index (χ4n) is 0.992. The third-order valence-electron chi connectivity index (χ3n) is 1.65. The van der Waals surface area contributed by atoms with Gasteiger partial charge in [0.15, 0.2) is 0 Å². The highest BCUT2D eigenvalue weighted by atomic mass is 79.9. The van der Waals surface area contributed by atoms with Crippen molar-refractivity contribution < 1.29 is 4.39 Å². The monoisotopic (exact) mass is 246 g/mol. The van der Waals surface area contributed by atoms with E-state index in [1.54, 1.807) is 12.1 Å². The molecule has 0 aromatic heterocycles. The Morgan fingerprint density at radius 3 is 2.77 bits per heavy atom. The van der Waals surface area contributed by atoms with E-state index in [1.165, 1.54) is 0 Å². The largest absolute Gasteiger partial charge is 0.383 e. The van der Waals surface area contributed by atoms with Crippen molar-refractivity contribution in [2.24, 2.45) is 5.73 Å². The third kappa shape index (κ3) is 2.97. The van der Waals surface area contributed by atoms with Crippen LogP contribution >= 0.6 is 15.9 Å². The molecule has 2 nitrogen and oxygen atoms in total. The Labute approximate surface area is 85.4 Å². The van der Waals surface area contributed by atoms with Gasteiger partial charge in [0.1, 0.15) is 6.67 Å². The summed E-state index contributed by atoms with van der Waals surface area (Å²) in [5, 5.41) is 3.12. The second kappa shape index (κ2) is 5.19. The SMILES string of the molecule is NCCNc1ccc(CF)cc1Br. The standard InChI is InChI=1S/C9H12BrFN2/c10-8-5-7(6-11)1-2-9(8)13-4-3-12/h1-2,5,13H,3-4,6,12H2. The minimum Gasteiger partial charge on any atom is -0.383 e. The van der Waals surface area contributed by atoms with Crippen LogP contribution in [0.25, 0.3) is 0 Å². The van der Waals surface area contributed by atoms with E-state index in [-0.39, 0.29) is 0 Å². The van der Waals surface area contributed by atoms with E-state index in [0.29, 0.717) is 18.7 Å². The molecule has 0 atom stereocenters. The highest BCUT2D eigenvalue weighted by molar-refractivity contribution is 9.10. The van der Waals surface area contributed by atoms with Gasteiger partial charge in [0.2, 0.25) is 0 Å². The first kappa shape index (κ1) is 10.5. The molecule has 0 saturated carbocycles. The number of hydrogen-bond donors (Lipinski definition) is 2. The summed E-state index contributed by atoms with van der Waals surface area (Å²) < 4.78 is 13.1. The average Bonchev–Trinajstić information content (AvgIpc) is 2.16. The molecule has 0 aliphatic carbocycles. The number of benzene rings is 1. The smallest absolute Gasteiger partial charge is 0.115 e. The van der Waals surface area contributed by atoms with Gasteiger partial charge in [0.05, 0.1) is 0 Å². The predicted molar refractivity (Wildman–Crippen MR) is 56.5 cm³/mol. The molecule has 0 radical (unpaired) electrons. The topological polar surface area (TPSA) is 38.0 Å². The summed E-state index contributed by atoms with van der Waals surface area (Å²) in [4.78, 5) is 0. The van der Waals surface area contributed by atoms with Crippen LogP contribution in [0.5, 0.6) is 0 Å². The summed E-state index contributed by atoms with van der Waals surface area (Å²) in [5.74, 6) is 0. The van der Waals surface area contributed by atoms with Crippen molar-refractivity contribution in [1.82, 2.24) is 0 Å². The molecule has 13 heavy (non-hydrogen) atoms. The van der Waals surface area contributed by atoms with E-state index < -0.39 is 6.67 Å². The molecule has 0 bridgehead atoms. The number of nitrogens with two attached hydrogens (primary N) is 1. The Morgan fingerprint density at radius 1 is 1.46 bits per heavy atom. The maximum Gasteiger partial charge on any atom is 0.115 e. The zero-order chi connectivity index (χ0) is 9.68. The van der Waals surface area contributed by atoms with Crippen LogP contribution < -0.4 is 11.1 Å². The normalized spacial score (nSPS) is 10.1. The van der Waals surface area contributed by atoms with Crippen LogP contribution in [-0.4, -0.2) is 13.1 Å². The van der Waals surface area contributed by atoms with E-state index in [2.05, 4.69) is 21.2 Å². The van der Waals surface area contributed by atoms with Crippen molar-refractivity contribution in [3.8, 4) is 0 Å². The first-order chi connectivity index (χ1) is 6.27.